The maximum absolute atomic E-state index is 13.1. The number of benzene rings is 2. The summed E-state index contributed by atoms with van der Waals surface area (Å²) in [5.41, 5.74) is 2.24. The molecule has 8 nitrogen and oxygen atoms in total. The van der Waals surface area contributed by atoms with E-state index in [4.69, 9.17) is 0 Å². The van der Waals surface area contributed by atoms with Crippen LogP contribution < -0.4 is 5.32 Å². The van der Waals surface area contributed by atoms with Crippen molar-refractivity contribution in [1.82, 2.24) is 30.4 Å². The van der Waals surface area contributed by atoms with Gasteiger partial charge in [-0.3, -0.25) is 9.59 Å². The number of likely N-dealkylation sites (tertiary alicyclic amines) is 1. The van der Waals surface area contributed by atoms with Gasteiger partial charge in [-0.1, -0.05) is 18.2 Å². The van der Waals surface area contributed by atoms with Gasteiger partial charge >= 0.3 is 0 Å². The number of amides is 2. The Bertz CT molecular complexity index is 1120. The molecule has 3 aromatic rings. The predicted molar refractivity (Wildman–Crippen MR) is 109 cm³/mol. The molecule has 1 N–H and O–H groups in total. The van der Waals surface area contributed by atoms with Crippen molar-refractivity contribution in [3.63, 3.8) is 0 Å². The highest BCUT2D eigenvalue weighted by atomic mass is 19.1. The molecule has 0 radical (unpaired) electrons. The van der Waals surface area contributed by atoms with E-state index in [9.17, 15) is 14.0 Å². The number of aromatic nitrogens is 4. The van der Waals surface area contributed by atoms with Crippen molar-refractivity contribution in [1.29, 1.82) is 0 Å². The van der Waals surface area contributed by atoms with Gasteiger partial charge in [0.15, 0.2) is 0 Å². The highest BCUT2D eigenvalue weighted by Crippen LogP contribution is 2.29. The molecule has 1 atom stereocenters. The lowest BCUT2D eigenvalue weighted by Crippen LogP contribution is -2.40. The number of halogens is 1. The highest BCUT2D eigenvalue weighted by Gasteiger charge is 2.32. The number of carbonyl (C=O) groups is 2. The third-order valence-corrected chi connectivity index (χ3v) is 5.94. The Labute approximate surface area is 178 Å². The zero-order chi connectivity index (χ0) is 21.4. The minimum absolute atomic E-state index is 0.0269. The van der Waals surface area contributed by atoms with Gasteiger partial charge in [-0.2, -0.15) is 4.80 Å². The van der Waals surface area contributed by atoms with Crippen LogP contribution >= 0.6 is 0 Å². The van der Waals surface area contributed by atoms with Gasteiger partial charge in [0, 0.05) is 24.2 Å². The second-order valence-electron chi connectivity index (χ2n) is 7.87. The quantitative estimate of drug-likeness (QED) is 0.700. The van der Waals surface area contributed by atoms with Crippen LogP contribution in [0.3, 0.4) is 0 Å². The summed E-state index contributed by atoms with van der Waals surface area (Å²) in [6, 6.07) is 13.1. The van der Waals surface area contributed by atoms with Gasteiger partial charge in [-0.25, -0.2) is 4.39 Å². The molecule has 2 amide bonds. The minimum Gasteiger partial charge on any atom is -0.345 e. The molecule has 0 bridgehead atoms. The van der Waals surface area contributed by atoms with Crippen molar-refractivity contribution in [3.05, 3.63) is 65.5 Å². The van der Waals surface area contributed by atoms with E-state index in [1.807, 2.05) is 23.1 Å². The summed E-state index contributed by atoms with van der Waals surface area (Å²) in [7, 11) is 0. The number of fused-ring (bicyclic) bond motifs is 1. The van der Waals surface area contributed by atoms with Gasteiger partial charge in [0.05, 0.1) is 18.5 Å². The monoisotopic (exact) mass is 420 g/mol. The van der Waals surface area contributed by atoms with Gasteiger partial charge in [0.25, 0.3) is 5.91 Å². The van der Waals surface area contributed by atoms with Gasteiger partial charge < -0.3 is 10.2 Å². The minimum atomic E-state index is -0.311. The number of rotatable bonds is 4. The Morgan fingerprint density at radius 3 is 2.61 bits per heavy atom. The predicted octanol–water partition coefficient (Wildman–Crippen LogP) is 2.52. The zero-order valence-electron chi connectivity index (χ0n) is 16.7. The van der Waals surface area contributed by atoms with E-state index in [-0.39, 0.29) is 36.1 Å². The molecule has 1 fully saturated rings. The smallest absolute Gasteiger partial charge is 0.252 e. The van der Waals surface area contributed by atoms with Crippen LogP contribution in [0.2, 0.25) is 0 Å². The Hall–Kier alpha value is -3.62. The van der Waals surface area contributed by atoms with Crippen molar-refractivity contribution in [2.24, 2.45) is 0 Å². The van der Waals surface area contributed by atoms with E-state index in [0.29, 0.717) is 30.0 Å². The topological polar surface area (TPSA) is 93.0 Å². The van der Waals surface area contributed by atoms with Crippen molar-refractivity contribution in [3.8, 4) is 11.4 Å². The van der Waals surface area contributed by atoms with Crippen LogP contribution in [0.25, 0.3) is 11.4 Å². The van der Waals surface area contributed by atoms with Gasteiger partial charge in [0.2, 0.25) is 11.7 Å². The first kappa shape index (κ1) is 19.3. The third-order valence-electron chi connectivity index (χ3n) is 5.94. The fraction of sp³-hybridized carbons (Fsp3) is 0.318. The molecule has 0 saturated carbocycles. The summed E-state index contributed by atoms with van der Waals surface area (Å²) in [6.45, 7) is 1.19. The summed E-state index contributed by atoms with van der Waals surface area (Å²) in [6.07, 6.45) is 1.70. The number of carbonyl (C=O) groups excluding carboxylic acids is 2. The third kappa shape index (κ3) is 3.78. The van der Waals surface area contributed by atoms with E-state index < -0.39 is 0 Å². The van der Waals surface area contributed by atoms with E-state index >= 15 is 0 Å². The molecule has 0 spiro atoms. The number of piperidine rings is 1. The largest absolute Gasteiger partial charge is 0.345 e. The van der Waals surface area contributed by atoms with E-state index in [1.54, 1.807) is 23.0 Å². The molecular weight excluding hydrogens is 399 g/mol. The van der Waals surface area contributed by atoms with Crippen LogP contribution in [-0.2, 0) is 4.79 Å². The number of nitrogens with zero attached hydrogens (tertiary/aromatic N) is 5. The molecule has 9 heteroatoms. The lowest BCUT2D eigenvalue weighted by molar-refractivity contribution is -0.133. The average Bonchev–Trinajstić information content (AvgIpc) is 3.40. The highest BCUT2D eigenvalue weighted by molar-refractivity contribution is 5.99. The van der Waals surface area contributed by atoms with E-state index in [1.165, 1.54) is 12.1 Å². The fourth-order valence-corrected chi connectivity index (χ4v) is 4.23. The zero-order valence-corrected chi connectivity index (χ0v) is 16.7. The first-order valence-corrected chi connectivity index (χ1v) is 10.3. The summed E-state index contributed by atoms with van der Waals surface area (Å²) in [5, 5.41) is 15.6. The average molecular weight is 420 g/mol. The van der Waals surface area contributed by atoms with Gasteiger partial charge in [0.1, 0.15) is 5.82 Å². The normalized spacial score (nSPS) is 18.7. The molecule has 0 aliphatic carbocycles. The number of hydrogen-bond acceptors (Lipinski definition) is 5. The molecule has 1 saturated heterocycles. The molecule has 5 rings (SSSR count). The maximum atomic E-state index is 13.1. The standard InChI is InChI=1S/C22H21FN6O2/c23-15-7-5-14(6-8-15)21-25-27-29(26-21)16-9-11-28(12-10-16)20(30)13-19-17-3-1-2-4-18(17)22(31)24-19/h1-8,16,19H,9-13H2,(H,24,31)/t19-/m1/s1. The van der Waals surface area contributed by atoms with Crippen molar-refractivity contribution >= 4 is 11.8 Å². The molecule has 1 aromatic heterocycles. The van der Waals surface area contributed by atoms with Crippen LogP contribution in [-0.4, -0.2) is 50.0 Å². The lowest BCUT2D eigenvalue weighted by atomic mass is 10.0. The second-order valence-corrected chi connectivity index (χ2v) is 7.87. The van der Waals surface area contributed by atoms with Crippen LogP contribution in [0.5, 0.6) is 0 Å². The van der Waals surface area contributed by atoms with Crippen LogP contribution in [0.15, 0.2) is 48.5 Å². The molecular formula is C22H21FN6O2. The Morgan fingerprint density at radius 1 is 1.10 bits per heavy atom. The van der Waals surface area contributed by atoms with Crippen LogP contribution in [0.1, 0.15) is 47.3 Å². The first-order valence-electron chi connectivity index (χ1n) is 10.3. The van der Waals surface area contributed by atoms with Crippen molar-refractivity contribution in [2.75, 3.05) is 13.1 Å². The van der Waals surface area contributed by atoms with Crippen molar-refractivity contribution < 1.29 is 14.0 Å². The van der Waals surface area contributed by atoms with Gasteiger partial charge in [-0.15, -0.1) is 10.2 Å². The Kier molecular flexibility index (Phi) is 4.93. The molecule has 2 aromatic carbocycles. The second kappa shape index (κ2) is 7.90. The molecule has 0 unspecified atom stereocenters. The summed E-state index contributed by atoms with van der Waals surface area (Å²) in [4.78, 5) is 28.3. The summed E-state index contributed by atoms with van der Waals surface area (Å²) >= 11 is 0. The SMILES string of the molecule is O=C1N[C@H](CC(=O)N2CCC(n3nnc(-c4ccc(F)cc4)n3)CC2)c2ccccc21. The Balaban J connectivity index is 1.19. The first-order chi connectivity index (χ1) is 15.1. The lowest BCUT2D eigenvalue weighted by Gasteiger charge is -2.32. The van der Waals surface area contributed by atoms with Crippen LogP contribution in [0, 0.1) is 5.82 Å². The number of hydrogen-bond donors (Lipinski definition) is 1. The number of nitrogens with one attached hydrogen (secondary N) is 1. The molecule has 31 heavy (non-hydrogen) atoms. The molecule has 3 heterocycles. The fourth-order valence-electron chi connectivity index (χ4n) is 4.23. The van der Waals surface area contributed by atoms with Crippen LogP contribution in [0.4, 0.5) is 4.39 Å². The van der Waals surface area contributed by atoms with Gasteiger partial charge in [-0.05, 0) is 54.0 Å². The van der Waals surface area contributed by atoms with E-state index in [0.717, 1.165) is 18.4 Å². The van der Waals surface area contributed by atoms with E-state index in [2.05, 4.69) is 20.7 Å². The summed E-state index contributed by atoms with van der Waals surface area (Å²) < 4.78 is 13.1. The Morgan fingerprint density at radius 2 is 1.84 bits per heavy atom. The number of tetrazole rings is 1. The summed E-state index contributed by atoms with van der Waals surface area (Å²) in [5.74, 6) is 0.0447. The molecule has 2 aliphatic rings. The maximum Gasteiger partial charge on any atom is 0.252 e. The molecule has 158 valence electrons. The van der Waals surface area contributed by atoms with Crippen molar-refractivity contribution in [2.45, 2.75) is 31.3 Å². The molecule has 2 aliphatic heterocycles.